The average molecular weight is 482 g/mol. The number of rotatable bonds is 11. The van der Waals surface area contributed by atoms with Crippen LogP contribution in [0.15, 0.2) is 24.8 Å². The molecule has 1 N–H and O–H groups in total. The molecule has 4 atom stereocenters. The highest BCUT2D eigenvalue weighted by Gasteiger charge is 2.73. The zero-order chi connectivity index (χ0) is 24.6. The van der Waals surface area contributed by atoms with E-state index in [2.05, 4.69) is 18.4 Å². The maximum Gasteiger partial charge on any atom is 0.311 e. The highest BCUT2D eigenvalue weighted by Crippen LogP contribution is 2.64. The molecule has 1 aromatic carbocycles. The molecule has 2 aliphatic heterocycles. The van der Waals surface area contributed by atoms with Crippen molar-refractivity contribution in [1.82, 2.24) is 4.90 Å². The van der Waals surface area contributed by atoms with Crippen LogP contribution in [0.5, 0.6) is 11.5 Å². The molecule has 5 rings (SSSR count). The van der Waals surface area contributed by atoms with Gasteiger partial charge in [-0.25, -0.2) is 0 Å². The SMILES string of the molecule is C=CCN1CC[C@@]23c4c5ccc(OC(=O)CCCCCCCCC)c4O[C@H]2C(=O)CC[C@@]3(O)[C@@H]1C5. The summed E-state index contributed by atoms with van der Waals surface area (Å²) in [5.41, 5.74) is 0.182. The fourth-order valence-electron chi connectivity index (χ4n) is 7.27. The molecular weight excluding hydrogens is 442 g/mol. The Balaban J connectivity index is 1.37. The summed E-state index contributed by atoms with van der Waals surface area (Å²) < 4.78 is 12.1. The van der Waals surface area contributed by atoms with E-state index >= 15 is 0 Å². The lowest BCUT2D eigenvalue weighted by molar-refractivity contribution is -0.187. The molecule has 1 aromatic rings. The zero-order valence-electron chi connectivity index (χ0n) is 21.0. The van der Waals surface area contributed by atoms with Crippen LogP contribution >= 0.6 is 0 Å². The van der Waals surface area contributed by atoms with Crippen molar-refractivity contribution in [2.75, 3.05) is 13.1 Å². The van der Waals surface area contributed by atoms with Crippen LogP contribution < -0.4 is 9.47 Å². The smallest absolute Gasteiger partial charge is 0.311 e. The Labute approximate surface area is 208 Å². The quantitative estimate of drug-likeness (QED) is 0.215. The first kappa shape index (κ1) is 24.5. The molecular formula is C29H39NO5. The number of carbonyl (C=O) groups is 2. The van der Waals surface area contributed by atoms with Crippen LogP contribution in [0.4, 0.5) is 0 Å². The lowest BCUT2D eigenvalue weighted by Crippen LogP contribution is -2.76. The second-order valence-electron chi connectivity index (χ2n) is 10.9. The maximum atomic E-state index is 13.1. The van der Waals surface area contributed by atoms with E-state index in [9.17, 15) is 14.7 Å². The van der Waals surface area contributed by atoms with E-state index < -0.39 is 17.1 Å². The van der Waals surface area contributed by atoms with Crippen molar-refractivity contribution in [2.24, 2.45) is 0 Å². The van der Waals surface area contributed by atoms with Gasteiger partial charge in [-0.2, -0.15) is 0 Å². The first-order chi connectivity index (χ1) is 17.0. The lowest BCUT2D eigenvalue weighted by Gasteiger charge is -2.62. The number of Topliss-reactive ketones (excluding diaryl/α,β-unsaturated/α-hetero) is 1. The van der Waals surface area contributed by atoms with Gasteiger partial charge in [-0.15, -0.1) is 6.58 Å². The normalized spacial score (nSPS) is 30.5. The summed E-state index contributed by atoms with van der Waals surface area (Å²) >= 11 is 0. The Hall–Kier alpha value is -2.18. The number of nitrogens with zero attached hydrogens (tertiary/aromatic N) is 1. The molecule has 2 heterocycles. The summed E-state index contributed by atoms with van der Waals surface area (Å²) in [6.07, 6.45) is 11.6. The second kappa shape index (κ2) is 9.70. The lowest BCUT2D eigenvalue weighted by atomic mass is 9.49. The number of hydrogen-bond donors (Lipinski definition) is 1. The van der Waals surface area contributed by atoms with Crippen LogP contribution in [0.2, 0.25) is 0 Å². The van der Waals surface area contributed by atoms with Gasteiger partial charge >= 0.3 is 5.97 Å². The number of ketones is 1. The first-order valence-electron chi connectivity index (χ1n) is 13.6. The van der Waals surface area contributed by atoms with E-state index in [0.29, 0.717) is 50.1 Å². The van der Waals surface area contributed by atoms with E-state index in [1.165, 1.54) is 25.7 Å². The van der Waals surface area contributed by atoms with Gasteiger partial charge in [0.1, 0.15) is 0 Å². The van der Waals surface area contributed by atoms with Crippen molar-refractivity contribution < 1.29 is 24.2 Å². The molecule has 1 saturated heterocycles. The topological polar surface area (TPSA) is 76.1 Å². The highest BCUT2D eigenvalue weighted by molar-refractivity contribution is 5.90. The van der Waals surface area contributed by atoms with Gasteiger partial charge in [-0.1, -0.05) is 57.6 Å². The molecule has 35 heavy (non-hydrogen) atoms. The Morgan fingerprint density at radius 1 is 1.23 bits per heavy atom. The summed E-state index contributed by atoms with van der Waals surface area (Å²) in [5.74, 6) is 0.670. The number of aliphatic hydroxyl groups is 1. The summed E-state index contributed by atoms with van der Waals surface area (Å²) in [7, 11) is 0. The predicted octanol–water partition coefficient (Wildman–Crippen LogP) is 4.64. The third-order valence-electron chi connectivity index (χ3n) is 8.93. The molecule has 1 saturated carbocycles. The molecule has 2 fully saturated rings. The molecule has 4 aliphatic rings. The monoisotopic (exact) mass is 481 g/mol. The van der Waals surface area contributed by atoms with Crippen LogP contribution in [0.3, 0.4) is 0 Å². The molecule has 190 valence electrons. The summed E-state index contributed by atoms with van der Waals surface area (Å²) in [6, 6.07) is 3.73. The Morgan fingerprint density at radius 2 is 2.00 bits per heavy atom. The van der Waals surface area contributed by atoms with Crippen LogP contribution in [-0.4, -0.2) is 52.6 Å². The van der Waals surface area contributed by atoms with Gasteiger partial charge in [0.2, 0.25) is 0 Å². The van der Waals surface area contributed by atoms with E-state index in [-0.39, 0.29) is 17.8 Å². The van der Waals surface area contributed by atoms with Crippen molar-refractivity contribution in [3.63, 3.8) is 0 Å². The summed E-state index contributed by atoms with van der Waals surface area (Å²) in [6.45, 7) is 7.59. The van der Waals surface area contributed by atoms with Crippen molar-refractivity contribution >= 4 is 11.8 Å². The molecule has 2 aliphatic carbocycles. The number of piperidine rings is 1. The summed E-state index contributed by atoms with van der Waals surface area (Å²) in [4.78, 5) is 28.1. The molecule has 1 spiro atoms. The minimum absolute atomic E-state index is 0.0370. The minimum Gasteiger partial charge on any atom is -0.477 e. The van der Waals surface area contributed by atoms with E-state index in [0.717, 1.165) is 36.9 Å². The van der Waals surface area contributed by atoms with Crippen LogP contribution in [-0.2, 0) is 21.4 Å². The maximum absolute atomic E-state index is 13.1. The number of hydrogen-bond acceptors (Lipinski definition) is 6. The van der Waals surface area contributed by atoms with Crippen molar-refractivity contribution in [1.29, 1.82) is 0 Å². The molecule has 2 bridgehead atoms. The van der Waals surface area contributed by atoms with Gasteiger partial charge in [0.25, 0.3) is 0 Å². The minimum atomic E-state index is -1.05. The van der Waals surface area contributed by atoms with Gasteiger partial charge in [-0.3, -0.25) is 14.5 Å². The molecule has 0 unspecified atom stereocenters. The number of likely N-dealkylation sites (tertiary alicyclic amines) is 1. The van der Waals surface area contributed by atoms with Crippen molar-refractivity contribution in [3.05, 3.63) is 35.9 Å². The van der Waals surface area contributed by atoms with Crippen molar-refractivity contribution in [2.45, 2.75) is 107 Å². The standard InChI is InChI=1S/C29H39NO5/c1-3-5-6-7-8-9-10-11-24(32)34-22-13-12-20-19-23-29(33)15-14-21(31)27-28(29,25(20)26(22)35-27)16-18-30(23)17-4-2/h4,12-13,23,27,33H,2-3,5-11,14-19H2,1H3/t23-,27-,28+,29+/m0/s1. The van der Waals surface area contributed by atoms with Gasteiger partial charge in [0.15, 0.2) is 23.4 Å². The molecule has 0 amide bonds. The van der Waals surface area contributed by atoms with Crippen molar-refractivity contribution in [3.8, 4) is 11.5 Å². The predicted molar refractivity (Wildman–Crippen MR) is 134 cm³/mol. The third-order valence-corrected chi connectivity index (χ3v) is 8.93. The summed E-state index contributed by atoms with van der Waals surface area (Å²) in [5, 5.41) is 12.2. The number of esters is 1. The van der Waals surface area contributed by atoms with E-state index in [1.54, 1.807) is 0 Å². The fraction of sp³-hybridized carbons (Fsp3) is 0.655. The Kier molecular flexibility index (Phi) is 6.79. The number of unbranched alkanes of at least 4 members (excludes halogenated alkanes) is 6. The third kappa shape index (κ3) is 3.84. The Bertz CT molecular complexity index is 1010. The molecule has 6 nitrogen and oxygen atoms in total. The van der Waals surface area contributed by atoms with E-state index in [4.69, 9.17) is 9.47 Å². The largest absolute Gasteiger partial charge is 0.477 e. The number of carbonyl (C=O) groups excluding carboxylic acids is 2. The van der Waals surface area contributed by atoms with Gasteiger partial charge < -0.3 is 14.6 Å². The highest BCUT2D eigenvalue weighted by atomic mass is 16.6. The van der Waals surface area contributed by atoms with Crippen LogP contribution in [0.1, 0.15) is 88.7 Å². The molecule has 0 aromatic heterocycles. The zero-order valence-corrected chi connectivity index (χ0v) is 21.0. The fourth-order valence-corrected chi connectivity index (χ4v) is 7.27. The molecule has 0 radical (unpaired) electrons. The second-order valence-corrected chi connectivity index (χ2v) is 10.9. The van der Waals surface area contributed by atoms with Gasteiger partial charge in [-0.05, 0) is 37.3 Å². The van der Waals surface area contributed by atoms with Crippen LogP contribution in [0, 0.1) is 0 Å². The molecule has 6 heteroatoms. The van der Waals surface area contributed by atoms with E-state index in [1.807, 2.05) is 18.2 Å². The van der Waals surface area contributed by atoms with Gasteiger partial charge in [0, 0.05) is 37.5 Å². The number of benzene rings is 1. The average Bonchev–Trinajstić information content (AvgIpc) is 3.20. The Morgan fingerprint density at radius 3 is 2.77 bits per heavy atom. The van der Waals surface area contributed by atoms with Gasteiger partial charge in [0.05, 0.1) is 11.0 Å². The van der Waals surface area contributed by atoms with Crippen LogP contribution in [0.25, 0.3) is 0 Å². The first-order valence-corrected chi connectivity index (χ1v) is 13.6. The number of ether oxygens (including phenoxy) is 2.